The lowest BCUT2D eigenvalue weighted by molar-refractivity contribution is -0.122. The van der Waals surface area contributed by atoms with Gasteiger partial charge in [-0.3, -0.25) is 14.5 Å². The number of halogens is 2. The molecule has 0 saturated heterocycles. The van der Waals surface area contributed by atoms with E-state index in [1.54, 1.807) is 28.9 Å². The molecule has 39 heavy (non-hydrogen) atoms. The maximum absolute atomic E-state index is 13.9. The normalized spacial score (nSPS) is 15.1. The van der Waals surface area contributed by atoms with E-state index in [-0.39, 0.29) is 35.2 Å². The number of anilines is 1. The lowest BCUT2D eigenvalue weighted by Crippen LogP contribution is -2.42. The average Bonchev–Trinajstić information content (AvgIpc) is 3.25. The van der Waals surface area contributed by atoms with E-state index < -0.39 is 0 Å². The van der Waals surface area contributed by atoms with E-state index in [0.717, 1.165) is 34.4 Å². The highest BCUT2D eigenvalue weighted by atomic mass is 35.5. The van der Waals surface area contributed by atoms with Crippen molar-refractivity contribution in [3.63, 3.8) is 0 Å². The Labute approximate surface area is 236 Å². The van der Waals surface area contributed by atoms with Crippen LogP contribution < -0.4 is 10.2 Å². The van der Waals surface area contributed by atoms with E-state index in [4.69, 9.17) is 16.7 Å². The number of carbonyl (C=O) groups excluding carboxylic acids is 2. The highest BCUT2D eigenvalue weighted by Crippen LogP contribution is 2.48. The molecule has 0 radical (unpaired) electrons. The predicted molar refractivity (Wildman–Crippen MR) is 155 cm³/mol. The topological polar surface area (TPSA) is 67.2 Å². The molecule has 1 N–H and O–H groups in total. The van der Waals surface area contributed by atoms with Gasteiger partial charge in [-0.1, -0.05) is 60.5 Å². The number of benzene rings is 3. The van der Waals surface area contributed by atoms with Crippen LogP contribution in [0.25, 0.3) is 16.9 Å². The zero-order chi connectivity index (χ0) is 27.5. The minimum absolute atomic E-state index is 0.139. The van der Waals surface area contributed by atoms with Gasteiger partial charge in [0.1, 0.15) is 18.2 Å². The van der Waals surface area contributed by atoms with E-state index in [0.29, 0.717) is 23.1 Å². The molecule has 0 saturated carbocycles. The van der Waals surface area contributed by atoms with Crippen LogP contribution >= 0.6 is 23.4 Å². The molecule has 5 rings (SSSR count). The summed E-state index contributed by atoms with van der Waals surface area (Å²) in [5, 5.41) is 8.19. The first-order valence-corrected chi connectivity index (χ1v) is 14.2. The molecule has 0 bridgehead atoms. The van der Waals surface area contributed by atoms with Crippen molar-refractivity contribution >= 4 is 41.0 Å². The minimum Gasteiger partial charge on any atom is -0.355 e. The van der Waals surface area contributed by atoms with Gasteiger partial charge in [0.05, 0.1) is 22.4 Å². The molecule has 1 aliphatic rings. The minimum atomic E-state index is -0.337. The second kappa shape index (κ2) is 11.6. The third-order valence-corrected chi connectivity index (χ3v) is 8.04. The summed E-state index contributed by atoms with van der Waals surface area (Å²) in [5.74, 6) is -0.110. The molecular formula is C30H28ClFN4O2S. The van der Waals surface area contributed by atoms with Gasteiger partial charge in [0.25, 0.3) is 0 Å². The highest BCUT2D eigenvalue weighted by molar-refractivity contribution is 8.00. The van der Waals surface area contributed by atoms with Crippen LogP contribution in [0.4, 0.5) is 10.2 Å². The molecule has 0 unspecified atom stereocenters. The largest absolute Gasteiger partial charge is 0.355 e. The van der Waals surface area contributed by atoms with E-state index in [1.165, 1.54) is 28.8 Å². The molecule has 1 aliphatic heterocycles. The average molecular weight is 563 g/mol. The van der Waals surface area contributed by atoms with E-state index in [9.17, 15) is 14.0 Å². The van der Waals surface area contributed by atoms with Crippen LogP contribution in [0.15, 0.2) is 72.8 Å². The van der Waals surface area contributed by atoms with Crippen molar-refractivity contribution in [2.45, 2.75) is 25.5 Å². The van der Waals surface area contributed by atoms with Crippen LogP contribution in [0.5, 0.6) is 0 Å². The van der Waals surface area contributed by atoms with Gasteiger partial charge < -0.3 is 5.32 Å². The third-order valence-electron chi connectivity index (χ3n) is 6.53. The maximum atomic E-state index is 13.9. The molecule has 3 aromatic carbocycles. The lowest BCUT2D eigenvalue weighted by Gasteiger charge is -2.23. The van der Waals surface area contributed by atoms with Gasteiger partial charge >= 0.3 is 0 Å². The predicted octanol–water partition coefficient (Wildman–Crippen LogP) is 6.34. The summed E-state index contributed by atoms with van der Waals surface area (Å²) in [7, 11) is 0. The summed E-state index contributed by atoms with van der Waals surface area (Å²) in [6.45, 7) is 4.36. The smallest absolute Gasteiger partial charge is 0.240 e. The first-order valence-electron chi connectivity index (χ1n) is 12.8. The Morgan fingerprint density at radius 2 is 1.77 bits per heavy atom. The standard InChI is InChI=1S/C30H28ClFN4O2S/c1-3-16-33-25(37)17-35-26(38)18-39-29(21-8-12-23(32)13-9-21)27-28(20-6-10-22(31)11-7-20)34-36(30(27)35)24-14-4-19(2)5-15-24/h4-15,29H,3,16-18H2,1-2H3,(H,33,37)/t29-/m1/s1. The SMILES string of the molecule is CCCNC(=O)CN1C(=O)CS[C@H](c2ccc(F)cc2)c2c(-c3ccc(Cl)cc3)nn(-c3ccc(C)cc3)c21. The number of aromatic nitrogens is 2. The monoisotopic (exact) mass is 562 g/mol. The van der Waals surface area contributed by atoms with Gasteiger partial charge in [-0.25, -0.2) is 9.07 Å². The first kappa shape index (κ1) is 27.0. The van der Waals surface area contributed by atoms with E-state index >= 15 is 0 Å². The molecule has 1 atom stereocenters. The summed E-state index contributed by atoms with van der Waals surface area (Å²) in [6, 6.07) is 21.5. The first-order chi connectivity index (χ1) is 18.9. The van der Waals surface area contributed by atoms with Crippen LogP contribution in [0, 0.1) is 12.7 Å². The molecular weight excluding hydrogens is 535 g/mol. The second-order valence-electron chi connectivity index (χ2n) is 9.41. The number of carbonyl (C=O) groups is 2. The van der Waals surface area contributed by atoms with Crippen molar-refractivity contribution in [1.82, 2.24) is 15.1 Å². The number of thioether (sulfide) groups is 1. The number of nitrogens with one attached hydrogen (secondary N) is 1. The molecule has 2 heterocycles. The lowest BCUT2D eigenvalue weighted by atomic mass is 9.99. The van der Waals surface area contributed by atoms with Gasteiger partial charge in [0, 0.05) is 22.7 Å². The summed E-state index contributed by atoms with van der Waals surface area (Å²) in [6.07, 6.45) is 0.787. The summed E-state index contributed by atoms with van der Waals surface area (Å²) in [5.41, 5.74) is 4.95. The van der Waals surface area contributed by atoms with Crippen molar-refractivity contribution in [3.8, 4) is 16.9 Å². The van der Waals surface area contributed by atoms with Gasteiger partial charge in [-0.05, 0) is 55.3 Å². The summed E-state index contributed by atoms with van der Waals surface area (Å²) in [4.78, 5) is 28.1. The maximum Gasteiger partial charge on any atom is 0.240 e. The molecule has 0 fully saturated rings. The number of aryl methyl sites for hydroxylation is 1. The summed E-state index contributed by atoms with van der Waals surface area (Å²) < 4.78 is 15.6. The second-order valence-corrected chi connectivity index (χ2v) is 10.9. The molecule has 200 valence electrons. The Hall–Kier alpha value is -3.62. The van der Waals surface area contributed by atoms with E-state index in [2.05, 4.69) is 5.32 Å². The Balaban J connectivity index is 1.78. The molecule has 1 aromatic heterocycles. The van der Waals surface area contributed by atoms with Crippen molar-refractivity contribution in [1.29, 1.82) is 0 Å². The van der Waals surface area contributed by atoms with Crippen LogP contribution in [0.3, 0.4) is 0 Å². The number of rotatable bonds is 7. The molecule has 6 nitrogen and oxygen atoms in total. The number of hydrogen-bond donors (Lipinski definition) is 1. The Morgan fingerprint density at radius 1 is 1.08 bits per heavy atom. The molecule has 0 aliphatic carbocycles. The third kappa shape index (κ3) is 5.72. The number of amides is 2. The van der Waals surface area contributed by atoms with Crippen LogP contribution in [0.2, 0.25) is 5.02 Å². The number of nitrogens with zero attached hydrogens (tertiary/aromatic N) is 3. The van der Waals surface area contributed by atoms with Crippen molar-refractivity contribution in [2.75, 3.05) is 23.7 Å². The zero-order valence-corrected chi connectivity index (χ0v) is 23.2. The number of hydrogen-bond acceptors (Lipinski definition) is 4. The Morgan fingerprint density at radius 3 is 2.44 bits per heavy atom. The molecule has 4 aromatic rings. The summed E-state index contributed by atoms with van der Waals surface area (Å²) >= 11 is 7.64. The fraction of sp³-hybridized carbons (Fsp3) is 0.233. The molecule has 2 amide bonds. The van der Waals surface area contributed by atoms with Crippen molar-refractivity contribution in [2.24, 2.45) is 0 Å². The van der Waals surface area contributed by atoms with Gasteiger partial charge in [-0.15, -0.1) is 11.8 Å². The number of fused-ring (bicyclic) bond motifs is 1. The van der Waals surface area contributed by atoms with E-state index in [1.807, 2.05) is 50.2 Å². The van der Waals surface area contributed by atoms with Gasteiger partial charge in [-0.2, -0.15) is 5.10 Å². The van der Waals surface area contributed by atoms with Gasteiger partial charge in [0.15, 0.2) is 0 Å². The van der Waals surface area contributed by atoms with Crippen LogP contribution in [-0.4, -0.2) is 40.4 Å². The molecule has 9 heteroatoms. The van der Waals surface area contributed by atoms with Crippen molar-refractivity contribution in [3.05, 3.63) is 100 Å². The zero-order valence-electron chi connectivity index (χ0n) is 21.7. The van der Waals surface area contributed by atoms with Crippen LogP contribution in [-0.2, 0) is 9.59 Å². The quantitative estimate of drug-likeness (QED) is 0.285. The molecule has 0 spiro atoms. The fourth-order valence-corrected chi connectivity index (χ4v) is 5.90. The van der Waals surface area contributed by atoms with Crippen LogP contribution in [0.1, 0.15) is 35.3 Å². The van der Waals surface area contributed by atoms with Gasteiger partial charge in [0.2, 0.25) is 11.8 Å². The fourth-order valence-electron chi connectivity index (χ4n) is 4.57. The highest BCUT2D eigenvalue weighted by Gasteiger charge is 2.37. The Bertz CT molecular complexity index is 1490. The Kier molecular flexibility index (Phi) is 8.04. The van der Waals surface area contributed by atoms with Crippen molar-refractivity contribution < 1.29 is 14.0 Å².